The summed E-state index contributed by atoms with van der Waals surface area (Å²) in [7, 11) is 2.02. The molecule has 1 N–H and O–H groups in total. The van der Waals surface area contributed by atoms with Crippen LogP contribution >= 0.6 is 0 Å². The molecular formula is C15H17NO. The van der Waals surface area contributed by atoms with Crippen LogP contribution in [0.4, 0.5) is 0 Å². The first kappa shape index (κ1) is 10.6. The predicted molar refractivity (Wildman–Crippen MR) is 70.4 cm³/mol. The molecule has 2 unspecified atom stereocenters. The van der Waals surface area contributed by atoms with Gasteiger partial charge in [0.05, 0.1) is 6.61 Å². The zero-order chi connectivity index (χ0) is 11.8. The summed E-state index contributed by atoms with van der Waals surface area (Å²) in [5.74, 6) is 1.56. The lowest BCUT2D eigenvalue weighted by atomic mass is 9.90. The first-order chi connectivity index (χ1) is 8.31. The third kappa shape index (κ3) is 1.60. The number of fused-ring (bicyclic) bond motifs is 3. The molecule has 1 heterocycles. The molecule has 0 saturated carbocycles. The average Bonchev–Trinajstić information content (AvgIpc) is 2.38. The topological polar surface area (TPSA) is 21.3 Å². The number of rotatable bonds is 1. The number of hydrogen-bond donors (Lipinski definition) is 1. The summed E-state index contributed by atoms with van der Waals surface area (Å²) in [6.45, 7) is 3.01. The first-order valence-electron chi connectivity index (χ1n) is 6.13. The molecule has 2 aromatic carbocycles. The third-order valence-corrected chi connectivity index (χ3v) is 3.62. The van der Waals surface area contributed by atoms with Crippen LogP contribution in [0.3, 0.4) is 0 Å². The number of benzene rings is 2. The summed E-state index contributed by atoms with van der Waals surface area (Å²) in [6, 6.07) is 13.2. The van der Waals surface area contributed by atoms with E-state index in [-0.39, 0.29) is 0 Å². The highest BCUT2D eigenvalue weighted by Crippen LogP contribution is 2.39. The fourth-order valence-electron chi connectivity index (χ4n) is 2.72. The van der Waals surface area contributed by atoms with Crippen molar-refractivity contribution in [2.24, 2.45) is 5.92 Å². The minimum atomic E-state index is 0.392. The summed E-state index contributed by atoms with van der Waals surface area (Å²) in [4.78, 5) is 0. The molecule has 0 spiro atoms. The summed E-state index contributed by atoms with van der Waals surface area (Å²) in [5, 5.41) is 5.86. The molecule has 2 atom stereocenters. The first-order valence-corrected chi connectivity index (χ1v) is 6.13. The van der Waals surface area contributed by atoms with Crippen LogP contribution in [0.15, 0.2) is 36.4 Å². The summed E-state index contributed by atoms with van der Waals surface area (Å²) in [5.41, 5.74) is 1.28. The summed E-state index contributed by atoms with van der Waals surface area (Å²) >= 11 is 0. The second-order valence-electron chi connectivity index (χ2n) is 4.76. The van der Waals surface area contributed by atoms with Crippen molar-refractivity contribution in [3.8, 4) is 5.75 Å². The molecule has 2 nitrogen and oxygen atoms in total. The van der Waals surface area contributed by atoms with Gasteiger partial charge in [-0.25, -0.2) is 0 Å². The monoisotopic (exact) mass is 227 g/mol. The highest BCUT2D eigenvalue weighted by Gasteiger charge is 2.27. The SMILES string of the molecule is CNC1c2ccc3ccccc3c2OCC1C. The van der Waals surface area contributed by atoms with Crippen molar-refractivity contribution in [1.29, 1.82) is 0 Å². The van der Waals surface area contributed by atoms with E-state index in [0.717, 1.165) is 12.4 Å². The Kier molecular flexibility index (Phi) is 2.52. The molecule has 1 aliphatic rings. The van der Waals surface area contributed by atoms with Gasteiger partial charge in [-0.15, -0.1) is 0 Å². The molecule has 88 valence electrons. The van der Waals surface area contributed by atoms with Gasteiger partial charge in [0.2, 0.25) is 0 Å². The molecule has 0 aliphatic carbocycles. The van der Waals surface area contributed by atoms with Gasteiger partial charge in [0.25, 0.3) is 0 Å². The Morgan fingerprint density at radius 3 is 2.82 bits per heavy atom. The van der Waals surface area contributed by atoms with E-state index in [9.17, 15) is 0 Å². The maximum absolute atomic E-state index is 5.94. The molecule has 17 heavy (non-hydrogen) atoms. The lowest BCUT2D eigenvalue weighted by Gasteiger charge is -2.32. The molecule has 0 amide bonds. The second kappa shape index (κ2) is 4.04. The Hall–Kier alpha value is -1.54. The van der Waals surface area contributed by atoms with Crippen LogP contribution in [-0.2, 0) is 0 Å². The van der Waals surface area contributed by atoms with Gasteiger partial charge in [-0.3, -0.25) is 0 Å². The minimum absolute atomic E-state index is 0.392. The van der Waals surface area contributed by atoms with Crippen LogP contribution in [0.5, 0.6) is 5.75 Å². The van der Waals surface area contributed by atoms with E-state index in [0.29, 0.717) is 12.0 Å². The Morgan fingerprint density at radius 1 is 1.18 bits per heavy atom. The van der Waals surface area contributed by atoms with Gasteiger partial charge in [-0.05, 0) is 12.4 Å². The van der Waals surface area contributed by atoms with Crippen LogP contribution in [0.2, 0.25) is 0 Å². The standard InChI is InChI=1S/C15H17NO/c1-10-9-17-15-12-6-4-3-5-11(12)7-8-13(15)14(10)16-2/h3-8,10,14,16H,9H2,1-2H3. The largest absolute Gasteiger partial charge is 0.492 e. The second-order valence-corrected chi connectivity index (χ2v) is 4.76. The molecule has 0 aromatic heterocycles. The van der Waals surface area contributed by atoms with Gasteiger partial charge >= 0.3 is 0 Å². The molecule has 0 fully saturated rings. The van der Waals surface area contributed by atoms with Gasteiger partial charge in [-0.2, -0.15) is 0 Å². The van der Waals surface area contributed by atoms with Crippen molar-refractivity contribution in [2.45, 2.75) is 13.0 Å². The van der Waals surface area contributed by atoms with Crippen LogP contribution in [-0.4, -0.2) is 13.7 Å². The van der Waals surface area contributed by atoms with Crippen molar-refractivity contribution in [1.82, 2.24) is 5.32 Å². The Labute approximate surface area is 102 Å². The maximum Gasteiger partial charge on any atom is 0.131 e. The van der Waals surface area contributed by atoms with Crippen molar-refractivity contribution in [3.63, 3.8) is 0 Å². The van der Waals surface area contributed by atoms with Gasteiger partial charge in [0.1, 0.15) is 5.75 Å². The number of nitrogens with one attached hydrogen (secondary N) is 1. The van der Waals surface area contributed by atoms with Crippen LogP contribution < -0.4 is 10.1 Å². The highest BCUT2D eigenvalue weighted by molar-refractivity contribution is 5.90. The van der Waals surface area contributed by atoms with Gasteiger partial charge in [0.15, 0.2) is 0 Å². The quantitative estimate of drug-likeness (QED) is 0.808. The zero-order valence-corrected chi connectivity index (χ0v) is 10.2. The normalized spacial score (nSPS) is 23.2. The van der Waals surface area contributed by atoms with Crippen molar-refractivity contribution in [3.05, 3.63) is 42.0 Å². The van der Waals surface area contributed by atoms with E-state index >= 15 is 0 Å². The summed E-state index contributed by atoms with van der Waals surface area (Å²) in [6.07, 6.45) is 0. The van der Waals surface area contributed by atoms with Crippen LogP contribution in [0.1, 0.15) is 18.5 Å². The minimum Gasteiger partial charge on any atom is -0.492 e. The molecular weight excluding hydrogens is 210 g/mol. The van der Waals surface area contributed by atoms with E-state index in [4.69, 9.17) is 4.74 Å². The summed E-state index contributed by atoms with van der Waals surface area (Å²) < 4.78 is 5.94. The molecule has 2 heteroatoms. The van der Waals surface area contributed by atoms with E-state index in [1.807, 2.05) is 7.05 Å². The Morgan fingerprint density at radius 2 is 2.00 bits per heavy atom. The smallest absolute Gasteiger partial charge is 0.131 e. The van der Waals surface area contributed by atoms with E-state index in [1.165, 1.54) is 16.3 Å². The van der Waals surface area contributed by atoms with Crippen LogP contribution in [0.25, 0.3) is 10.8 Å². The fraction of sp³-hybridized carbons (Fsp3) is 0.333. The zero-order valence-electron chi connectivity index (χ0n) is 10.2. The molecule has 2 aromatic rings. The predicted octanol–water partition coefficient (Wildman–Crippen LogP) is 3.13. The van der Waals surface area contributed by atoms with Crippen LogP contribution in [0, 0.1) is 5.92 Å². The van der Waals surface area contributed by atoms with E-state index < -0.39 is 0 Å². The van der Waals surface area contributed by atoms with E-state index in [1.54, 1.807) is 0 Å². The molecule has 0 saturated heterocycles. The van der Waals surface area contributed by atoms with Crippen molar-refractivity contribution >= 4 is 10.8 Å². The molecule has 0 radical (unpaired) electrons. The van der Waals surface area contributed by atoms with Gasteiger partial charge < -0.3 is 10.1 Å². The molecule has 1 aliphatic heterocycles. The Bertz CT molecular complexity index is 550. The van der Waals surface area contributed by atoms with Gasteiger partial charge in [0, 0.05) is 22.9 Å². The van der Waals surface area contributed by atoms with Gasteiger partial charge in [-0.1, -0.05) is 43.3 Å². The van der Waals surface area contributed by atoms with Crippen molar-refractivity contribution in [2.75, 3.05) is 13.7 Å². The lowest BCUT2D eigenvalue weighted by Crippen LogP contribution is -2.31. The maximum atomic E-state index is 5.94. The van der Waals surface area contributed by atoms with E-state index in [2.05, 4.69) is 48.6 Å². The number of ether oxygens (including phenoxy) is 1. The highest BCUT2D eigenvalue weighted by atomic mass is 16.5. The lowest BCUT2D eigenvalue weighted by molar-refractivity contribution is 0.196. The van der Waals surface area contributed by atoms with Crippen molar-refractivity contribution < 1.29 is 4.74 Å². The molecule has 0 bridgehead atoms. The fourth-order valence-corrected chi connectivity index (χ4v) is 2.72. The third-order valence-electron chi connectivity index (χ3n) is 3.62. The number of hydrogen-bond acceptors (Lipinski definition) is 2. The average molecular weight is 227 g/mol. The molecule has 3 rings (SSSR count). The Balaban J connectivity index is 2.24.